The van der Waals surface area contributed by atoms with Gasteiger partial charge in [0, 0.05) is 42.3 Å². The van der Waals surface area contributed by atoms with Gasteiger partial charge in [0.2, 0.25) is 11.8 Å². The van der Waals surface area contributed by atoms with Gasteiger partial charge in [-0.25, -0.2) is 0 Å². The van der Waals surface area contributed by atoms with Crippen molar-refractivity contribution in [2.75, 3.05) is 18.4 Å². The van der Waals surface area contributed by atoms with Gasteiger partial charge in [-0.3, -0.25) is 24.6 Å². The molecule has 7 heteroatoms. The SMILES string of the molecule is CC(C)(C)N1CCC[C@H](Nc2ccc3c(c2)CN([C@H]2CCC(=O)NC2=O)C3=O)C1. The number of piperidine rings is 2. The fraction of sp³-hybridized carbons (Fsp3) is 0.591. The van der Waals surface area contributed by atoms with E-state index >= 15 is 0 Å². The highest BCUT2D eigenvalue weighted by atomic mass is 16.2. The van der Waals surface area contributed by atoms with Gasteiger partial charge < -0.3 is 10.2 Å². The van der Waals surface area contributed by atoms with Crippen LogP contribution in [0.3, 0.4) is 0 Å². The third-order valence-corrected chi connectivity index (χ3v) is 6.26. The summed E-state index contributed by atoms with van der Waals surface area (Å²) < 4.78 is 0. The van der Waals surface area contributed by atoms with Crippen molar-refractivity contribution in [3.8, 4) is 0 Å². The van der Waals surface area contributed by atoms with Crippen molar-refractivity contribution in [3.05, 3.63) is 29.3 Å². The van der Waals surface area contributed by atoms with Crippen molar-refractivity contribution < 1.29 is 14.4 Å². The highest BCUT2D eigenvalue weighted by molar-refractivity contribution is 6.05. The molecule has 0 bridgehead atoms. The van der Waals surface area contributed by atoms with E-state index in [4.69, 9.17) is 0 Å². The molecule has 0 radical (unpaired) electrons. The Hall–Kier alpha value is -2.41. The highest BCUT2D eigenvalue weighted by Crippen LogP contribution is 2.30. The topological polar surface area (TPSA) is 81.8 Å². The number of hydrogen-bond acceptors (Lipinski definition) is 5. The first-order valence-electron chi connectivity index (χ1n) is 10.5. The van der Waals surface area contributed by atoms with Gasteiger partial charge in [-0.05, 0) is 70.3 Å². The second-order valence-corrected chi connectivity index (χ2v) is 9.37. The first-order valence-corrected chi connectivity index (χ1v) is 10.5. The Morgan fingerprint density at radius 2 is 1.93 bits per heavy atom. The average molecular weight is 399 g/mol. The van der Waals surface area contributed by atoms with Crippen LogP contribution < -0.4 is 10.6 Å². The molecule has 2 atom stereocenters. The molecule has 3 aliphatic rings. The summed E-state index contributed by atoms with van der Waals surface area (Å²) in [5.74, 6) is -0.762. The van der Waals surface area contributed by atoms with E-state index in [1.165, 1.54) is 6.42 Å². The molecule has 0 saturated carbocycles. The Morgan fingerprint density at radius 1 is 1.14 bits per heavy atom. The fourth-order valence-electron chi connectivity index (χ4n) is 4.60. The normalized spacial score (nSPS) is 25.8. The number of benzene rings is 1. The maximum absolute atomic E-state index is 12.8. The van der Waals surface area contributed by atoms with E-state index in [0.29, 0.717) is 24.6 Å². The second kappa shape index (κ2) is 7.44. The Morgan fingerprint density at radius 3 is 2.66 bits per heavy atom. The quantitative estimate of drug-likeness (QED) is 0.763. The molecule has 0 unspecified atom stereocenters. The molecule has 0 aliphatic carbocycles. The molecule has 3 heterocycles. The molecular formula is C22H30N4O3. The number of fused-ring (bicyclic) bond motifs is 1. The van der Waals surface area contributed by atoms with Gasteiger partial charge in [0.1, 0.15) is 6.04 Å². The van der Waals surface area contributed by atoms with Crippen LogP contribution >= 0.6 is 0 Å². The van der Waals surface area contributed by atoms with E-state index in [9.17, 15) is 14.4 Å². The maximum atomic E-state index is 12.8. The third kappa shape index (κ3) is 4.01. The Labute approximate surface area is 171 Å². The van der Waals surface area contributed by atoms with Gasteiger partial charge in [-0.2, -0.15) is 0 Å². The number of imide groups is 1. The summed E-state index contributed by atoms with van der Waals surface area (Å²) in [4.78, 5) is 40.5. The molecule has 2 fully saturated rings. The smallest absolute Gasteiger partial charge is 0.255 e. The van der Waals surface area contributed by atoms with Gasteiger partial charge in [0.25, 0.3) is 5.91 Å². The largest absolute Gasteiger partial charge is 0.381 e. The minimum absolute atomic E-state index is 0.127. The first-order chi connectivity index (χ1) is 13.7. The Bertz CT molecular complexity index is 845. The van der Waals surface area contributed by atoms with Crippen molar-refractivity contribution in [3.63, 3.8) is 0 Å². The van der Waals surface area contributed by atoms with Crippen molar-refractivity contribution in [2.24, 2.45) is 0 Å². The van der Waals surface area contributed by atoms with Crippen molar-refractivity contribution in [1.29, 1.82) is 0 Å². The molecule has 2 N–H and O–H groups in total. The van der Waals surface area contributed by atoms with Gasteiger partial charge in [-0.1, -0.05) is 0 Å². The van der Waals surface area contributed by atoms with Crippen LogP contribution in [0, 0.1) is 0 Å². The minimum Gasteiger partial charge on any atom is -0.381 e. The van der Waals surface area contributed by atoms with Crippen LogP contribution in [0.25, 0.3) is 0 Å². The number of carbonyl (C=O) groups excluding carboxylic acids is 3. The summed E-state index contributed by atoms with van der Waals surface area (Å²) >= 11 is 0. The lowest BCUT2D eigenvalue weighted by Gasteiger charge is -2.42. The molecule has 0 spiro atoms. The van der Waals surface area contributed by atoms with Crippen molar-refractivity contribution in [2.45, 2.75) is 70.6 Å². The molecule has 1 aromatic carbocycles. The van der Waals surface area contributed by atoms with Gasteiger partial charge in [0.05, 0.1) is 0 Å². The summed E-state index contributed by atoms with van der Waals surface area (Å²) in [7, 11) is 0. The third-order valence-electron chi connectivity index (χ3n) is 6.26. The standard InChI is InChI=1S/C22H30N4O3/c1-22(2,3)25-10-4-5-16(13-25)23-15-6-7-17-14(11-15)12-26(21(17)29)18-8-9-19(27)24-20(18)28/h6-7,11,16,18,23H,4-5,8-10,12-13H2,1-3H3,(H,24,27,28)/t16-,18-/m0/s1. The van der Waals surface area contributed by atoms with Gasteiger partial charge >= 0.3 is 0 Å². The zero-order chi connectivity index (χ0) is 20.8. The van der Waals surface area contributed by atoms with Gasteiger partial charge in [0.15, 0.2) is 0 Å². The van der Waals surface area contributed by atoms with E-state index in [0.717, 1.165) is 30.8 Å². The van der Waals surface area contributed by atoms with Crippen LogP contribution in [0.1, 0.15) is 62.4 Å². The summed E-state index contributed by atoms with van der Waals surface area (Å²) in [5, 5.41) is 5.99. The van der Waals surface area contributed by atoms with E-state index in [2.05, 4.69) is 36.3 Å². The molecule has 4 rings (SSSR count). The Balaban J connectivity index is 1.45. The van der Waals surface area contributed by atoms with Crippen LogP contribution in [-0.2, 0) is 16.1 Å². The lowest BCUT2D eigenvalue weighted by atomic mass is 9.98. The number of nitrogens with one attached hydrogen (secondary N) is 2. The highest BCUT2D eigenvalue weighted by Gasteiger charge is 2.39. The molecular weight excluding hydrogens is 368 g/mol. The predicted octanol–water partition coefficient (Wildman–Crippen LogP) is 2.12. The summed E-state index contributed by atoms with van der Waals surface area (Å²) in [6.07, 6.45) is 2.96. The lowest BCUT2D eigenvalue weighted by Crippen LogP contribution is -2.52. The molecule has 7 nitrogen and oxygen atoms in total. The molecule has 0 aromatic heterocycles. The Kier molecular flexibility index (Phi) is 5.11. The van der Waals surface area contributed by atoms with Gasteiger partial charge in [-0.15, -0.1) is 0 Å². The molecule has 29 heavy (non-hydrogen) atoms. The van der Waals surface area contributed by atoms with Crippen LogP contribution in [0.2, 0.25) is 0 Å². The maximum Gasteiger partial charge on any atom is 0.255 e. The van der Waals surface area contributed by atoms with E-state index < -0.39 is 6.04 Å². The number of anilines is 1. The summed E-state index contributed by atoms with van der Waals surface area (Å²) in [6.45, 7) is 9.29. The van der Waals surface area contributed by atoms with Crippen LogP contribution in [-0.4, -0.2) is 58.2 Å². The monoisotopic (exact) mass is 398 g/mol. The molecule has 156 valence electrons. The molecule has 3 aliphatic heterocycles. The predicted molar refractivity (Wildman–Crippen MR) is 110 cm³/mol. The average Bonchev–Trinajstić information content (AvgIpc) is 2.97. The lowest BCUT2D eigenvalue weighted by molar-refractivity contribution is -0.136. The molecule has 1 aromatic rings. The van der Waals surface area contributed by atoms with E-state index in [1.54, 1.807) is 4.90 Å². The zero-order valence-corrected chi connectivity index (χ0v) is 17.5. The zero-order valence-electron chi connectivity index (χ0n) is 17.5. The van der Waals surface area contributed by atoms with Crippen LogP contribution in [0.15, 0.2) is 18.2 Å². The number of carbonyl (C=O) groups is 3. The van der Waals surface area contributed by atoms with Crippen molar-refractivity contribution in [1.82, 2.24) is 15.1 Å². The van der Waals surface area contributed by atoms with E-state index in [-0.39, 0.29) is 29.7 Å². The number of hydrogen-bond donors (Lipinski definition) is 2. The number of nitrogens with zero attached hydrogens (tertiary/aromatic N) is 2. The minimum atomic E-state index is -0.567. The second-order valence-electron chi connectivity index (χ2n) is 9.37. The number of amides is 3. The number of rotatable bonds is 3. The number of likely N-dealkylation sites (tertiary alicyclic amines) is 1. The first kappa shape index (κ1) is 19.9. The fourth-order valence-corrected chi connectivity index (χ4v) is 4.60. The van der Waals surface area contributed by atoms with E-state index in [1.807, 2.05) is 18.2 Å². The van der Waals surface area contributed by atoms with Crippen LogP contribution in [0.5, 0.6) is 0 Å². The summed E-state index contributed by atoms with van der Waals surface area (Å²) in [6, 6.07) is 5.67. The van der Waals surface area contributed by atoms with Crippen molar-refractivity contribution >= 4 is 23.4 Å². The molecule has 2 saturated heterocycles. The molecule has 3 amide bonds. The van der Waals surface area contributed by atoms with Crippen LogP contribution in [0.4, 0.5) is 5.69 Å². The summed E-state index contributed by atoms with van der Waals surface area (Å²) in [5.41, 5.74) is 2.77.